The van der Waals surface area contributed by atoms with E-state index in [1.807, 2.05) is 0 Å². The van der Waals surface area contributed by atoms with Crippen LogP contribution in [0.25, 0.3) is 0 Å². The normalized spacial score (nSPS) is 17.8. The monoisotopic (exact) mass is 265 g/mol. The number of nitriles is 1. The average molecular weight is 265 g/mol. The van der Waals surface area contributed by atoms with E-state index >= 15 is 0 Å². The lowest BCUT2D eigenvalue weighted by molar-refractivity contribution is 0.128. The van der Waals surface area contributed by atoms with Crippen LogP contribution in [-0.4, -0.2) is 41.0 Å². The molecule has 98 valence electrons. The van der Waals surface area contributed by atoms with Crippen molar-refractivity contribution in [3.8, 4) is 6.07 Å². The lowest BCUT2D eigenvalue weighted by Crippen LogP contribution is -2.53. The molecule has 1 saturated heterocycles. The Labute approximate surface area is 112 Å². The van der Waals surface area contributed by atoms with Crippen LogP contribution in [0.4, 0.5) is 10.8 Å². The van der Waals surface area contributed by atoms with Crippen LogP contribution >= 0.6 is 11.5 Å². The Hall–Kier alpha value is -1.32. The van der Waals surface area contributed by atoms with E-state index in [4.69, 9.17) is 11.0 Å². The summed E-state index contributed by atoms with van der Waals surface area (Å²) in [5.41, 5.74) is 6.43. The lowest BCUT2D eigenvalue weighted by atomic mass is 10.1. The van der Waals surface area contributed by atoms with E-state index in [2.05, 4.69) is 41.0 Å². The highest BCUT2D eigenvalue weighted by atomic mass is 32.1. The summed E-state index contributed by atoms with van der Waals surface area (Å²) < 4.78 is 4.07. The van der Waals surface area contributed by atoms with Gasteiger partial charge in [0.05, 0.1) is 0 Å². The average Bonchev–Trinajstić information content (AvgIpc) is 2.69. The van der Waals surface area contributed by atoms with Gasteiger partial charge in [-0.25, -0.2) is 0 Å². The molecule has 2 N–H and O–H groups in total. The van der Waals surface area contributed by atoms with Crippen molar-refractivity contribution in [1.82, 2.24) is 9.27 Å². The van der Waals surface area contributed by atoms with E-state index < -0.39 is 0 Å². The van der Waals surface area contributed by atoms with Crippen molar-refractivity contribution in [1.29, 1.82) is 5.26 Å². The molecule has 0 aromatic carbocycles. The number of nitrogens with zero attached hydrogens (tertiary/aromatic N) is 4. The Balaban J connectivity index is 2.09. The minimum Gasteiger partial charge on any atom is -0.382 e. The van der Waals surface area contributed by atoms with Crippen LogP contribution in [0.1, 0.15) is 26.3 Å². The molecule has 0 saturated carbocycles. The first-order valence-electron chi connectivity index (χ1n) is 6.08. The maximum Gasteiger partial charge on any atom is 0.157 e. The SMILES string of the molecule is CC(C)(C)N1CCN(c2snc(N)c2C#N)CC1. The van der Waals surface area contributed by atoms with Crippen LogP contribution in [0.2, 0.25) is 0 Å². The fourth-order valence-corrected chi connectivity index (χ4v) is 3.01. The first-order chi connectivity index (χ1) is 8.43. The molecule has 2 rings (SSSR count). The number of piperazine rings is 1. The molecule has 1 aromatic rings. The summed E-state index contributed by atoms with van der Waals surface area (Å²) in [5.74, 6) is 0.357. The highest BCUT2D eigenvalue weighted by Crippen LogP contribution is 2.31. The van der Waals surface area contributed by atoms with Gasteiger partial charge in [-0.1, -0.05) is 0 Å². The molecule has 0 aliphatic carbocycles. The fourth-order valence-electron chi connectivity index (χ4n) is 2.19. The van der Waals surface area contributed by atoms with Gasteiger partial charge in [0.25, 0.3) is 0 Å². The summed E-state index contributed by atoms with van der Waals surface area (Å²) in [6.07, 6.45) is 0. The summed E-state index contributed by atoms with van der Waals surface area (Å²) in [6.45, 7) is 10.6. The Morgan fingerprint density at radius 1 is 1.28 bits per heavy atom. The van der Waals surface area contributed by atoms with Gasteiger partial charge >= 0.3 is 0 Å². The zero-order chi connectivity index (χ0) is 13.3. The number of anilines is 2. The van der Waals surface area contributed by atoms with Gasteiger partial charge in [-0.3, -0.25) is 4.90 Å². The third-order valence-corrected chi connectivity index (χ3v) is 4.25. The maximum absolute atomic E-state index is 9.10. The minimum absolute atomic E-state index is 0.205. The number of hydrogen-bond acceptors (Lipinski definition) is 6. The molecule has 1 aliphatic heterocycles. The standard InChI is InChI=1S/C12H19N5S/c1-12(2,3)17-6-4-16(5-7-17)11-9(8-13)10(14)15-18-11/h4-7H2,1-3H3,(H2,14,15). The second kappa shape index (κ2) is 4.75. The van der Waals surface area contributed by atoms with Crippen molar-refractivity contribution < 1.29 is 0 Å². The molecule has 0 unspecified atom stereocenters. The molecule has 0 bridgehead atoms. The largest absolute Gasteiger partial charge is 0.382 e. The van der Waals surface area contributed by atoms with Crippen molar-refractivity contribution in [3.05, 3.63) is 5.56 Å². The van der Waals surface area contributed by atoms with Gasteiger partial charge in [-0.15, -0.1) is 0 Å². The number of rotatable bonds is 1. The predicted molar refractivity (Wildman–Crippen MR) is 74.8 cm³/mol. The van der Waals surface area contributed by atoms with Crippen LogP contribution in [0.5, 0.6) is 0 Å². The highest BCUT2D eigenvalue weighted by Gasteiger charge is 2.28. The van der Waals surface area contributed by atoms with Crippen LogP contribution in [0, 0.1) is 11.3 Å². The number of aromatic nitrogens is 1. The zero-order valence-electron chi connectivity index (χ0n) is 11.1. The summed E-state index contributed by atoms with van der Waals surface area (Å²) in [7, 11) is 0. The van der Waals surface area contributed by atoms with E-state index in [0.29, 0.717) is 11.4 Å². The Morgan fingerprint density at radius 3 is 2.39 bits per heavy atom. The van der Waals surface area contributed by atoms with Crippen molar-refractivity contribution in [2.45, 2.75) is 26.3 Å². The maximum atomic E-state index is 9.10. The fraction of sp³-hybridized carbons (Fsp3) is 0.667. The van der Waals surface area contributed by atoms with E-state index in [-0.39, 0.29) is 5.54 Å². The van der Waals surface area contributed by atoms with E-state index in [0.717, 1.165) is 31.2 Å². The van der Waals surface area contributed by atoms with E-state index in [1.54, 1.807) is 0 Å². The minimum atomic E-state index is 0.205. The molecule has 0 amide bonds. The molecule has 0 spiro atoms. The second-order valence-corrected chi connectivity index (χ2v) is 6.26. The van der Waals surface area contributed by atoms with Gasteiger partial charge in [0.1, 0.15) is 16.6 Å². The Bertz CT molecular complexity index is 460. The smallest absolute Gasteiger partial charge is 0.157 e. The van der Waals surface area contributed by atoms with Crippen LogP contribution in [-0.2, 0) is 0 Å². The third-order valence-electron chi connectivity index (χ3n) is 3.33. The van der Waals surface area contributed by atoms with E-state index in [9.17, 15) is 0 Å². The number of nitrogens with two attached hydrogens (primary N) is 1. The van der Waals surface area contributed by atoms with Gasteiger partial charge < -0.3 is 10.6 Å². The van der Waals surface area contributed by atoms with Crippen molar-refractivity contribution in [3.63, 3.8) is 0 Å². The zero-order valence-corrected chi connectivity index (χ0v) is 11.9. The predicted octanol–water partition coefficient (Wildman–Crippen LogP) is 1.52. The van der Waals surface area contributed by atoms with Gasteiger partial charge in [-0.2, -0.15) is 9.64 Å². The first-order valence-corrected chi connectivity index (χ1v) is 6.86. The molecule has 18 heavy (non-hydrogen) atoms. The molecule has 1 fully saturated rings. The lowest BCUT2D eigenvalue weighted by Gasteiger charge is -2.42. The van der Waals surface area contributed by atoms with Crippen LogP contribution in [0.3, 0.4) is 0 Å². The first kappa shape index (κ1) is 13.1. The van der Waals surface area contributed by atoms with Gasteiger partial charge in [0, 0.05) is 31.7 Å². The van der Waals surface area contributed by atoms with Gasteiger partial charge in [-0.05, 0) is 32.3 Å². The van der Waals surface area contributed by atoms with E-state index in [1.165, 1.54) is 11.5 Å². The second-order valence-electron chi connectivity index (χ2n) is 5.50. The van der Waals surface area contributed by atoms with Crippen LogP contribution in [0.15, 0.2) is 0 Å². The molecule has 5 nitrogen and oxygen atoms in total. The van der Waals surface area contributed by atoms with Crippen LogP contribution < -0.4 is 10.6 Å². The summed E-state index contributed by atoms with van der Waals surface area (Å²) in [4.78, 5) is 4.68. The van der Waals surface area contributed by atoms with Crippen molar-refractivity contribution in [2.75, 3.05) is 36.8 Å². The molecule has 1 aromatic heterocycles. The third kappa shape index (κ3) is 2.42. The molecule has 0 atom stereocenters. The number of nitrogen functional groups attached to an aromatic ring is 1. The molecule has 2 heterocycles. The molecular formula is C12H19N5S. The van der Waals surface area contributed by atoms with Crippen molar-refractivity contribution in [2.24, 2.45) is 0 Å². The molecular weight excluding hydrogens is 246 g/mol. The quantitative estimate of drug-likeness (QED) is 0.833. The topological polar surface area (TPSA) is 69.2 Å². The molecule has 0 radical (unpaired) electrons. The summed E-state index contributed by atoms with van der Waals surface area (Å²) in [6, 6.07) is 2.15. The molecule has 6 heteroatoms. The Morgan fingerprint density at radius 2 is 1.89 bits per heavy atom. The highest BCUT2D eigenvalue weighted by molar-refractivity contribution is 7.10. The summed E-state index contributed by atoms with van der Waals surface area (Å²) in [5, 5.41) is 10.0. The summed E-state index contributed by atoms with van der Waals surface area (Å²) >= 11 is 1.33. The van der Waals surface area contributed by atoms with Gasteiger partial charge in [0.2, 0.25) is 0 Å². The number of hydrogen-bond donors (Lipinski definition) is 1. The Kier molecular flexibility index (Phi) is 3.46. The molecule has 1 aliphatic rings. The van der Waals surface area contributed by atoms with Crippen molar-refractivity contribution >= 4 is 22.4 Å². The van der Waals surface area contributed by atoms with Gasteiger partial charge in [0.15, 0.2) is 5.82 Å².